The lowest BCUT2D eigenvalue weighted by Crippen LogP contribution is -2.36. The molecule has 0 saturated heterocycles. The van der Waals surface area contributed by atoms with E-state index < -0.39 is 0 Å². The van der Waals surface area contributed by atoms with E-state index in [1.54, 1.807) is 18.2 Å². The Balaban J connectivity index is 2.26. The third-order valence-corrected chi connectivity index (χ3v) is 2.70. The number of nitrogens with zero attached hydrogens (tertiary/aromatic N) is 2. The number of hydrogen-bond acceptors (Lipinski definition) is 5. The fourth-order valence-corrected chi connectivity index (χ4v) is 1.80. The van der Waals surface area contributed by atoms with Gasteiger partial charge in [-0.2, -0.15) is 5.10 Å². The maximum atomic E-state index is 9.22. The highest BCUT2D eigenvalue weighted by Gasteiger charge is 2.24. The average Bonchev–Trinajstić information content (AvgIpc) is 2.63. The van der Waals surface area contributed by atoms with Gasteiger partial charge in [-0.1, -0.05) is 6.08 Å². The summed E-state index contributed by atoms with van der Waals surface area (Å²) in [7, 11) is 0. The van der Waals surface area contributed by atoms with Crippen molar-refractivity contribution in [2.45, 2.75) is 5.50 Å². The average molecular weight is 235 g/mol. The highest BCUT2D eigenvalue weighted by atomic mass is 32.1. The van der Waals surface area contributed by atoms with Crippen molar-refractivity contribution in [2.24, 2.45) is 5.10 Å². The van der Waals surface area contributed by atoms with Crippen LogP contribution in [0.25, 0.3) is 0 Å². The third-order valence-electron chi connectivity index (χ3n) is 2.30. The van der Waals surface area contributed by atoms with Crippen LogP contribution in [0.1, 0.15) is 5.56 Å². The highest BCUT2D eigenvalue weighted by molar-refractivity contribution is 7.80. The van der Waals surface area contributed by atoms with Crippen LogP contribution in [0.3, 0.4) is 0 Å². The lowest BCUT2D eigenvalue weighted by atomic mass is 10.2. The molecule has 0 aromatic heterocycles. The molecule has 0 bridgehead atoms. The van der Waals surface area contributed by atoms with Crippen molar-refractivity contribution >= 4 is 18.5 Å². The Morgan fingerprint density at radius 1 is 1.50 bits per heavy atom. The van der Waals surface area contributed by atoms with Crippen LogP contribution in [0, 0.1) is 0 Å². The Morgan fingerprint density at radius 2 is 2.19 bits per heavy atom. The van der Waals surface area contributed by atoms with Crippen molar-refractivity contribution in [1.29, 1.82) is 0 Å². The molecule has 1 aromatic carbocycles. The first-order valence-corrected chi connectivity index (χ1v) is 5.42. The van der Waals surface area contributed by atoms with Crippen LogP contribution in [0.4, 0.5) is 0 Å². The first kappa shape index (κ1) is 10.9. The van der Waals surface area contributed by atoms with Crippen molar-refractivity contribution in [2.75, 3.05) is 6.54 Å². The number of phenols is 1. The van der Waals surface area contributed by atoms with Gasteiger partial charge in [0, 0.05) is 12.1 Å². The lowest BCUT2D eigenvalue weighted by Gasteiger charge is -2.22. The predicted molar refractivity (Wildman–Crippen MR) is 67.5 cm³/mol. The number of nitrogens with one attached hydrogen (secondary N) is 1. The minimum Gasteiger partial charge on any atom is -0.508 e. The van der Waals surface area contributed by atoms with Crippen molar-refractivity contribution in [3.05, 3.63) is 42.5 Å². The van der Waals surface area contributed by atoms with E-state index in [0.29, 0.717) is 6.54 Å². The second-order valence-electron chi connectivity index (χ2n) is 3.43. The Kier molecular flexibility index (Phi) is 3.05. The Hall–Kier alpha value is -1.62. The highest BCUT2D eigenvalue weighted by Crippen LogP contribution is 2.17. The summed E-state index contributed by atoms with van der Waals surface area (Å²) in [6.45, 7) is 4.37. The molecule has 0 spiro atoms. The first-order chi connectivity index (χ1) is 7.72. The molecular weight excluding hydrogens is 222 g/mol. The molecule has 1 unspecified atom stereocenters. The minimum absolute atomic E-state index is 0.137. The number of hydrogen-bond donors (Lipinski definition) is 3. The zero-order valence-electron chi connectivity index (χ0n) is 8.67. The molecule has 0 amide bonds. The summed E-state index contributed by atoms with van der Waals surface area (Å²) in [5.74, 6) is 1.05. The maximum absolute atomic E-state index is 9.22. The van der Waals surface area contributed by atoms with E-state index in [2.05, 4.69) is 29.7 Å². The molecule has 2 rings (SSSR count). The largest absolute Gasteiger partial charge is 0.508 e. The van der Waals surface area contributed by atoms with Crippen LogP contribution in [0.5, 0.6) is 5.75 Å². The smallest absolute Gasteiger partial charge is 0.162 e. The summed E-state index contributed by atoms with van der Waals surface area (Å²) < 4.78 is 0. The summed E-state index contributed by atoms with van der Waals surface area (Å²) in [5.41, 5.74) is 3.68. The molecule has 4 nitrogen and oxygen atoms in total. The molecule has 1 heterocycles. The third kappa shape index (κ3) is 1.99. The van der Waals surface area contributed by atoms with Gasteiger partial charge >= 0.3 is 0 Å². The SMILES string of the molecule is C=CCN1C(c2ccc(O)cc2)=NNC1S. The summed E-state index contributed by atoms with van der Waals surface area (Å²) in [5, 5.41) is 13.4. The molecule has 1 aromatic rings. The van der Waals surface area contributed by atoms with Crippen molar-refractivity contribution in [3.8, 4) is 5.75 Å². The zero-order valence-corrected chi connectivity index (χ0v) is 9.56. The quantitative estimate of drug-likeness (QED) is 0.547. The number of hydrazone groups is 1. The predicted octanol–water partition coefficient (Wildman–Crippen LogP) is 1.36. The van der Waals surface area contributed by atoms with Gasteiger partial charge in [0.1, 0.15) is 5.75 Å². The molecule has 2 N–H and O–H groups in total. The van der Waals surface area contributed by atoms with Crippen molar-refractivity contribution in [1.82, 2.24) is 10.3 Å². The molecule has 1 atom stereocenters. The molecule has 1 aliphatic heterocycles. The van der Waals surface area contributed by atoms with Gasteiger partial charge in [-0.3, -0.25) is 5.43 Å². The Morgan fingerprint density at radius 3 is 2.81 bits per heavy atom. The normalized spacial score (nSPS) is 19.2. The molecule has 1 aliphatic rings. The fraction of sp³-hybridized carbons (Fsp3) is 0.182. The van der Waals surface area contributed by atoms with E-state index in [0.717, 1.165) is 11.4 Å². The topological polar surface area (TPSA) is 47.9 Å². The monoisotopic (exact) mass is 235 g/mol. The number of rotatable bonds is 3. The first-order valence-electron chi connectivity index (χ1n) is 4.90. The summed E-state index contributed by atoms with van der Waals surface area (Å²) in [6.07, 6.45) is 1.80. The summed E-state index contributed by atoms with van der Waals surface area (Å²) >= 11 is 4.35. The number of aromatic hydroxyl groups is 1. The second kappa shape index (κ2) is 4.49. The second-order valence-corrected chi connectivity index (χ2v) is 3.92. The molecule has 0 radical (unpaired) electrons. The van der Waals surface area contributed by atoms with Gasteiger partial charge in [0.2, 0.25) is 0 Å². The number of benzene rings is 1. The summed E-state index contributed by atoms with van der Waals surface area (Å²) in [6, 6.07) is 6.90. The number of thiol groups is 1. The molecule has 0 fully saturated rings. The van der Waals surface area contributed by atoms with E-state index in [1.807, 2.05) is 17.0 Å². The molecule has 5 heteroatoms. The van der Waals surface area contributed by atoms with Gasteiger partial charge in [-0.15, -0.1) is 19.2 Å². The maximum Gasteiger partial charge on any atom is 0.162 e. The van der Waals surface area contributed by atoms with Crippen LogP contribution < -0.4 is 5.43 Å². The molecule has 16 heavy (non-hydrogen) atoms. The number of amidine groups is 1. The van der Waals surface area contributed by atoms with Crippen LogP contribution in [0.15, 0.2) is 42.0 Å². The van der Waals surface area contributed by atoms with Crippen LogP contribution in [-0.4, -0.2) is 27.9 Å². The van der Waals surface area contributed by atoms with E-state index in [9.17, 15) is 5.11 Å². The molecule has 0 aliphatic carbocycles. The Bertz CT molecular complexity index is 416. The molecular formula is C11H13N3OS. The van der Waals surface area contributed by atoms with E-state index in [1.165, 1.54) is 0 Å². The van der Waals surface area contributed by atoms with E-state index >= 15 is 0 Å². The fourth-order valence-electron chi connectivity index (χ4n) is 1.53. The van der Waals surface area contributed by atoms with Gasteiger partial charge < -0.3 is 10.0 Å². The minimum atomic E-state index is -0.137. The molecule has 84 valence electrons. The van der Waals surface area contributed by atoms with Gasteiger partial charge in [0.25, 0.3) is 0 Å². The lowest BCUT2D eigenvalue weighted by molar-refractivity contribution is 0.432. The summed E-state index contributed by atoms with van der Waals surface area (Å²) in [4.78, 5) is 1.97. The van der Waals surface area contributed by atoms with E-state index in [-0.39, 0.29) is 11.2 Å². The molecule has 0 saturated carbocycles. The van der Waals surface area contributed by atoms with Crippen LogP contribution in [-0.2, 0) is 0 Å². The van der Waals surface area contributed by atoms with Crippen LogP contribution in [0.2, 0.25) is 0 Å². The van der Waals surface area contributed by atoms with E-state index in [4.69, 9.17) is 0 Å². The standard InChI is InChI=1S/C11H13N3OS/c1-2-7-14-10(12-13-11(14)16)8-3-5-9(15)6-4-8/h2-6,11,13,15-16H,1,7H2. The van der Waals surface area contributed by atoms with Gasteiger partial charge in [-0.05, 0) is 24.3 Å². The van der Waals surface area contributed by atoms with Gasteiger partial charge in [-0.25, -0.2) is 0 Å². The van der Waals surface area contributed by atoms with Gasteiger partial charge in [0.15, 0.2) is 11.3 Å². The number of phenolic OH excluding ortho intramolecular Hbond substituents is 1. The van der Waals surface area contributed by atoms with Gasteiger partial charge in [0.05, 0.1) is 0 Å². The van der Waals surface area contributed by atoms with Crippen molar-refractivity contribution < 1.29 is 5.11 Å². The van der Waals surface area contributed by atoms with Crippen molar-refractivity contribution in [3.63, 3.8) is 0 Å². The zero-order chi connectivity index (χ0) is 11.5. The Labute approximate surface area is 99.7 Å². The van der Waals surface area contributed by atoms with Crippen LogP contribution >= 0.6 is 12.6 Å².